The Morgan fingerprint density at radius 3 is 2.23 bits per heavy atom. The van der Waals surface area contributed by atoms with E-state index in [4.69, 9.17) is 14.2 Å². The first kappa shape index (κ1) is 32.0. The predicted octanol–water partition coefficient (Wildman–Crippen LogP) is 7.91. The maximum Gasteiger partial charge on any atom is 0.335 e. The standard InChI is InChI=1S/C37H54O6/c1-9-41-32(39)30-31(33(40)42-10-2)37-21-20-36(30)22-26(43-25(6)38)16-19-35(36,8)29(37)17-18-34(7)27(14-15-28(34)37)24(5)13-11-12-23(3)4/h17,20-21,23-24,26-28H,9-16,18-19,22H2,1-8H3/t24-,26+,27-,28-,34-,35-,36+,37+/m1/s1. The van der Waals surface area contributed by atoms with Crippen molar-refractivity contribution in [2.75, 3.05) is 13.2 Å². The number of carbonyl (C=O) groups is 3. The molecule has 6 rings (SSSR count). The van der Waals surface area contributed by atoms with E-state index in [1.165, 1.54) is 31.8 Å². The summed E-state index contributed by atoms with van der Waals surface area (Å²) in [5.41, 5.74) is 0.276. The van der Waals surface area contributed by atoms with Gasteiger partial charge in [-0.1, -0.05) is 77.7 Å². The van der Waals surface area contributed by atoms with Gasteiger partial charge in [-0.3, -0.25) is 4.79 Å². The van der Waals surface area contributed by atoms with Gasteiger partial charge in [0.05, 0.1) is 24.4 Å². The van der Waals surface area contributed by atoms with Gasteiger partial charge in [-0.25, -0.2) is 9.59 Å². The smallest absolute Gasteiger partial charge is 0.335 e. The molecule has 2 spiro atoms. The van der Waals surface area contributed by atoms with Crippen LogP contribution in [0.15, 0.2) is 34.9 Å². The second kappa shape index (κ2) is 11.5. The summed E-state index contributed by atoms with van der Waals surface area (Å²) in [7, 11) is 0. The molecule has 0 amide bonds. The van der Waals surface area contributed by atoms with Crippen LogP contribution in [0.4, 0.5) is 0 Å². The highest BCUT2D eigenvalue weighted by molar-refractivity contribution is 6.06. The van der Waals surface area contributed by atoms with Crippen molar-refractivity contribution in [2.45, 2.75) is 119 Å². The average Bonchev–Trinajstić information content (AvgIpc) is 3.29. The third kappa shape index (κ3) is 4.67. The summed E-state index contributed by atoms with van der Waals surface area (Å²) in [5, 5.41) is 0. The van der Waals surface area contributed by atoms with Gasteiger partial charge in [0.25, 0.3) is 0 Å². The van der Waals surface area contributed by atoms with Crippen LogP contribution in [-0.2, 0) is 28.6 Å². The minimum absolute atomic E-state index is 0.00868. The Hall–Kier alpha value is -2.37. The first-order chi connectivity index (χ1) is 20.3. The second-order valence-electron chi connectivity index (χ2n) is 15.0. The number of hydrogen-bond donors (Lipinski definition) is 0. The largest absolute Gasteiger partial charge is 0.463 e. The van der Waals surface area contributed by atoms with E-state index in [2.05, 4.69) is 52.8 Å². The van der Waals surface area contributed by atoms with Crippen LogP contribution in [0.5, 0.6) is 0 Å². The van der Waals surface area contributed by atoms with Crippen molar-refractivity contribution in [2.24, 2.45) is 45.3 Å². The van der Waals surface area contributed by atoms with Crippen molar-refractivity contribution in [3.05, 3.63) is 34.9 Å². The fraction of sp³-hybridized carbons (Fsp3) is 0.757. The highest BCUT2D eigenvalue weighted by Gasteiger charge is 2.73. The molecule has 0 aromatic heterocycles. The lowest BCUT2D eigenvalue weighted by atomic mass is 9.34. The van der Waals surface area contributed by atoms with Gasteiger partial charge in [0.2, 0.25) is 0 Å². The average molecular weight is 595 g/mol. The summed E-state index contributed by atoms with van der Waals surface area (Å²) in [6.45, 7) is 17.3. The number of rotatable bonds is 10. The number of fused-ring (bicyclic) bond motifs is 1. The lowest BCUT2D eigenvalue weighted by Crippen LogP contribution is -2.64. The van der Waals surface area contributed by atoms with Gasteiger partial charge < -0.3 is 14.2 Å². The molecule has 0 radical (unpaired) electrons. The van der Waals surface area contributed by atoms with Crippen LogP contribution < -0.4 is 0 Å². The molecule has 0 aromatic carbocycles. The van der Waals surface area contributed by atoms with Crippen molar-refractivity contribution in [1.29, 1.82) is 0 Å². The summed E-state index contributed by atoms with van der Waals surface area (Å²) < 4.78 is 17.4. The number of esters is 3. The Morgan fingerprint density at radius 2 is 1.60 bits per heavy atom. The molecular weight excluding hydrogens is 540 g/mol. The molecule has 8 atom stereocenters. The van der Waals surface area contributed by atoms with Crippen LogP contribution in [0.25, 0.3) is 0 Å². The van der Waals surface area contributed by atoms with Gasteiger partial charge in [0.1, 0.15) is 6.10 Å². The molecule has 6 heteroatoms. The van der Waals surface area contributed by atoms with Crippen LogP contribution in [0.1, 0.15) is 113 Å². The zero-order valence-corrected chi connectivity index (χ0v) is 27.8. The third-order valence-corrected chi connectivity index (χ3v) is 12.4. The fourth-order valence-electron chi connectivity index (χ4n) is 10.7. The summed E-state index contributed by atoms with van der Waals surface area (Å²) in [4.78, 5) is 40.5. The topological polar surface area (TPSA) is 78.9 Å². The van der Waals surface area contributed by atoms with E-state index in [-0.39, 0.29) is 36.6 Å². The Morgan fingerprint density at radius 1 is 0.930 bits per heavy atom. The SMILES string of the molecule is CCOC(=O)C1=C(C(=O)OCC)[C@@]23C=C[C@]14C(=CC[C@]1(C)[C@@H]([C@H](C)CCCC(C)C)CC[C@@H]41)[C@@]2(C)CC[C@H](OC(C)=O)C3. The van der Waals surface area contributed by atoms with Crippen molar-refractivity contribution in [3.63, 3.8) is 0 Å². The Balaban J connectivity index is 1.70. The van der Waals surface area contributed by atoms with Gasteiger partial charge in [-0.2, -0.15) is 0 Å². The normalized spacial score (nSPS) is 38.2. The van der Waals surface area contributed by atoms with E-state index in [9.17, 15) is 14.4 Å². The monoisotopic (exact) mass is 594 g/mol. The van der Waals surface area contributed by atoms with Crippen molar-refractivity contribution >= 4 is 17.9 Å². The van der Waals surface area contributed by atoms with Gasteiger partial charge in [0.15, 0.2) is 0 Å². The van der Waals surface area contributed by atoms with Gasteiger partial charge in [-0.05, 0) is 81.5 Å². The van der Waals surface area contributed by atoms with Crippen molar-refractivity contribution < 1.29 is 28.6 Å². The van der Waals surface area contributed by atoms with Crippen LogP contribution in [0.3, 0.4) is 0 Å². The molecule has 6 aliphatic carbocycles. The number of allylic oxidation sites excluding steroid dienone is 4. The summed E-state index contributed by atoms with van der Waals surface area (Å²) >= 11 is 0. The Bertz CT molecular complexity index is 1240. The number of ether oxygens (including phenoxy) is 3. The highest BCUT2D eigenvalue weighted by Crippen LogP contribution is 2.78. The summed E-state index contributed by atoms with van der Waals surface area (Å²) in [6, 6.07) is 0. The molecule has 238 valence electrons. The molecule has 2 fully saturated rings. The number of carbonyl (C=O) groups excluding carboxylic acids is 3. The fourth-order valence-corrected chi connectivity index (χ4v) is 10.7. The second-order valence-corrected chi connectivity index (χ2v) is 15.0. The lowest BCUT2D eigenvalue weighted by Gasteiger charge is -2.68. The van der Waals surface area contributed by atoms with Crippen LogP contribution in [-0.4, -0.2) is 37.2 Å². The first-order valence-electron chi connectivity index (χ1n) is 17.0. The molecule has 0 heterocycles. The van der Waals surface area contributed by atoms with Gasteiger partial charge in [0, 0.05) is 23.2 Å². The Kier molecular flexibility index (Phi) is 8.59. The molecule has 0 aliphatic heterocycles. The van der Waals surface area contributed by atoms with E-state index < -0.39 is 28.2 Å². The minimum atomic E-state index is -0.816. The maximum atomic E-state index is 14.3. The summed E-state index contributed by atoms with van der Waals surface area (Å²) in [6.07, 6.45) is 15.4. The van der Waals surface area contributed by atoms with E-state index in [1.807, 2.05) is 13.8 Å². The summed E-state index contributed by atoms with van der Waals surface area (Å²) in [5.74, 6) is 0.851. The van der Waals surface area contributed by atoms with Gasteiger partial charge >= 0.3 is 17.9 Å². The molecule has 0 N–H and O–H groups in total. The minimum Gasteiger partial charge on any atom is -0.463 e. The number of hydrogen-bond acceptors (Lipinski definition) is 6. The molecule has 0 aromatic rings. The maximum absolute atomic E-state index is 14.3. The lowest BCUT2D eigenvalue weighted by molar-refractivity contribution is -0.156. The van der Waals surface area contributed by atoms with Crippen LogP contribution in [0, 0.1) is 45.3 Å². The zero-order valence-electron chi connectivity index (χ0n) is 27.8. The van der Waals surface area contributed by atoms with Crippen LogP contribution in [0.2, 0.25) is 0 Å². The van der Waals surface area contributed by atoms with E-state index in [0.29, 0.717) is 35.3 Å². The molecular formula is C37H54O6. The molecule has 43 heavy (non-hydrogen) atoms. The Labute approximate surface area is 259 Å². The van der Waals surface area contributed by atoms with E-state index in [0.717, 1.165) is 32.1 Å². The molecule has 2 bridgehead atoms. The third-order valence-electron chi connectivity index (χ3n) is 12.4. The molecule has 0 saturated heterocycles. The molecule has 0 unspecified atom stereocenters. The van der Waals surface area contributed by atoms with Crippen LogP contribution >= 0.6 is 0 Å². The van der Waals surface area contributed by atoms with E-state index >= 15 is 0 Å². The quantitative estimate of drug-likeness (QED) is 0.145. The molecule has 6 aliphatic rings. The predicted molar refractivity (Wildman–Crippen MR) is 167 cm³/mol. The zero-order chi connectivity index (χ0) is 31.4. The van der Waals surface area contributed by atoms with Crippen molar-refractivity contribution in [1.82, 2.24) is 0 Å². The van der Waals surface area contributed by atoms with E-state index in [1.54, 1.807) is 0 Å². The van der Waals surface area contributed by atoms with Gasteiger partial charge in [-0.15, -0.1) is 0 Å². The molecule has 6 nitrogen and oxygen atoms in total. The first-order valence-corrected chi connectivity index (χ1v) is 17.0. The molecule has 2 saturated carbocycles. The highest BCUT2D eigenvalue weighted by atomic mass is 16.5. The van der Waals surface area contributed by atoms with Crippen molar-refractivity contribution in [3.8, 4) is 0 Å².